The van der Waals surface area contributed by atoms with Crippen molar-refractivity contribution in [2.45, 2.75) is 52.7 Å². The highest BCUT2D eigenvalue weighted by atomic mass is 16.6. The van der Waals surface area contributed by atoms with Crippen LogP contribution in [0.25, 0.3) is 0 Å². The average molecular weight is 327 g/mol. The number of amides is 1. The van der Waals surface area contributed by atoms with E-state index >= 15 is 0 Å². The number of nitrogens with two attached hydrogens (primary N) is 1. The summed E-state index contributed by atoms with van der Waals surface area (Å²) in [5.74, 6) is 0.506. The quantitative estimate of drug-likeness (QED) is 0.586. The molecule has 134 valence electrons. The summed E-state index contributed by atoms with van der Waals surface area (Å²) in [4.78, 5) is 20.4. The maximum Gasteiger partial charge on any atom is 0.410 e. The molecule has 0 radical (unpaired) electrons. The molecule has 1 unspecified atom stereocenters. The van der Waals surface area contributed by atoms with Crippen molar-refractivity contribution in [2.75, 3.05) is 39.3 Å². The lowest BCUT2D eigenvalue weighted by Crippen LogP contribution is -2.50. The van der Waals surface area contributed by atoms with Crippen LogP contribution in [-0.4, -0.2) is 72.8 Å². The number of guanidine groups is 1. The predicted molar refractivity (Wildman–Crippen MR) is 93.6 cm³/mol. The molecule has 1 fully saturated rings. The Bertz CT molecular complexity index is 398. The van der Waals surface area contributed by atoms with Crippen LogP contribution in [0.3, 0.4) is 0 Å². The van der Waals surface area contributed by atoms with Gasteiger partial charge in [0.05, 0.1) is 6.54 Å². The summed E-state index contributed by atoms with van der Waals surface area (Å²) in [6, 6.07) is 0.344. The topological polar surface area (TPSA) is 83.2 Å². The van der Waals surface area contributed by atoms with Crippen molar-refractivity contribution in [3.8, 4) is 0 Å². The van der Waals surface area contributed by atoms with Crippen molar-refractivity contribution < 1.29 is 9.53 Å². The Labute approximate surface area is 140 Å². The van der Waals surface area contributed by atoms with E-state index in [-0.39, 0.29) is 6.09 Å². The van der Waals surface area contributed by atoms with Crippen LogP contribution in [0.5, 0.6) is 0 Å². The third-order valence-corrected chi connectivity index (χ3v) is 3.73. The fourth-order valence-electron chi connectivity index (χ4n) is 2.19. The third-order valence-electron chi connectivity index (χ3n) is 3.73. The molecule has 1 saturated heterocycles. The Morgan fingerprint density at radius 1 is 1.30 bits per heavy atom. The smallest absolute Gasteiger partial charge is 0.410 e. The maximum absolute atomic E-state index is 12.0. The summed E-state index contributed by atoms with van der Waals surface area (Å²) in [6.45, 7) is 14.4. The van der Waals surface area contributed by atoms with Crippen molar-refractivity contribution in [3.63, 3.8) is 0 Å². The number of ether oxygens (including phenoxy) is 1. The van der Waals surface area contributed by atoms with Crippen molar-refractivity contribution in [1.29, 1.82) is 0 Å². The van der Waals surface area contributed by atoms with Gasteiger partial charge in [0.1, 0.15) is 5.60 Å². The van der Waals surface area contributed by atoms with Gasteiger partial charge < -0.3 is 20.7 Å². The van der Waals surface area contributed by atoms with Gasteiger partial charge in [-0.3, -0.25) is 9.89 Å². The van der Waals surface area contributed by atoms with Crippen LogP contribution in [-0.2, 0) is 4.74 Å². The molecule has 1 amide bonds. The highest BCUT2D eigenvalue weighted by molar-refractivity contribution is 5.78. The number of rotatable bonds is 5. The molecule has 0 aromatic rings. The Hall–Kier alpha value is -1.50. The molecular weight excluding hydrogens is 294 g/mol. The zero-order valence-corrected chi connectivity index (χ0v) is 15.3. The van der Waals surface area contributed by atoms with Gasteiger partial charge in [-0.05, 0) is 34.1 Å². The standard InChI is InChI=1S/C16H33N5O2/c1-6-13(2)19-14(17)18-7-8-20-9-11-21(12-10-20)15(22)23-16(3,4)5/h13H,6-12H2,1-5H3,(H3,17,18,19). The lowest BCUT2D eigenvalue weighted by atomic mass is 10.2. The second kappa shape index (κ2) is 8.96. The Morgan fingerprint density at radius 3 is 2.43 bits per heavy atom. The van der Waals surface area contributed by atoms with Gasteiger partial charge in [-0.2, -0.15) is 0 Å². The normalized spacial score (nSPS) is 18.7. The van der Waals surface area contributed by atoms with Gasteiger partial charge in [-0.15, -0.1) is 0 Å². The first-order valence-corrected chi connectivity index (χ1v) is 8.48. The minimum Gasteiger partial charge on any atom is -0.444 e. The van der Waals surface area contributed by atoms with Gasteiger partial charge in [-0.1, -0.05) is 6.92 Å². The molecule has 7 heteroatoms. The monoisotopic (exact) mass is 327 g/mol. The van der Waals surface area contributed by atoms with E-state index in [9.17, 15) is 4.79 Å². The van der Waals surface area contributed by atoms with Crippen LogP contribution in [0.2, 0.25) is 0 Å². The molecule has 1 rings (SSSR count). The number of nitrogens with one attached hydrogen (secondary N) is 1. The van der Waals surface area contributed by atoms with Gasteiger partial charge in [0.15, 0.2) is 5.96 Å². The molecule has 0 aromatic heterocycles. The SMILES string of the molecule is CCC(C)NC(N)=NCCN1CCN(C(=O)OC(C)(C)C)CC1. The van der Waals surface area contributed by atoms with E-state index in [2.05, 4.69) is 29.1 Å². The number of nitrogens with zero attached hydrogens (tertiary/aromatic N) is 3. The molecule has 0 aliphatic carbocycles. The zero-order chi connectivity index (χ0) is 17.5. The van der Waals surface area contributed by atoms with Crippen molar-refractivity contribution in [3.05, 3.63) is 0 Å². The fourth-order valence-corrected chi connectivity index (χ4v) is 2.19. The highest BCUT2D eigenvalue weighted by Gasteiger charge is 2.25. The fraction of sp³-hybridized carbons (Fsp3) is 0.875. The number of aliphatic imine (C=N–C) groups is 1. The largest absolute Gasteiger partial charge is 0.444 e. The lowest BCUT2D eigenvalue weighted by Gasteiger charge is -2.35. The Kier molecular flexibility index (Phi) is 7.61. The summed E-state index contributed by atoms with van der Waals surface area (Å²) in [5, 5.41) is 3.15. The zero-order valence-electron chi connectivity index (χ0n) is 15.3. The molecule has 1 aliphatic heterocycles. The van der Waals surface area contributed by atoms with Crippen molar-refractivity contribution in [2.24, 2.45) is 10.7 Å². The van der Waals surface area contributed by atoms with Crippen LogP contribution in [0, 0.1) is 0 Å². The van der Waals surface area contributed by atoms with Gasteiger partial charge in [-0.25, -0.2) is 4.79 Å². The minimum absolute atomic E-state index is 0.225. The first kappa shape index (κ1) is 19.5. The second-order valence-corrected chi connectivity index (χ2v) is 7.03. The van der Waals surface area contributed by atoms with E-state index in [1.807, 2.05) is 20.8 Å². The van der Waals surface area contributed by atoms with E-state index < -0.39 is 5.60 Å². The molecule has 0 spiro atoms. The number of piperazine rings is 1. The summed E-state index contributed by atoms with van der Waals surface area (Å²) >= 11 is 0. The lowest BCUT2D eigenvalue weighted by molar-refractivity contribution is 0.0148. The molecule has 1 aliphatic rings. The van der Waals surface area contributed by atoms with Gasteiger partial charge >= 0.3 is 6.09 Å². The number of hydrogen-bond donors (Lipinski definition) is 2. The van der Waals surface area contributed by atoms with Gasteiger partial charge in [0, 0.05) is 38.8 Å². The summed E-state index contributed by atoms with van der Waals surface area (Å²) in [5.41, 5.74) is 5.40. The van der Waals surface area contributed by atoms with Crippen LogP contribution < -0.4 is 11.1 Å². The third kappa shape index (κ3) is 8.06. The molecule has 1 heterocycles. The number of hydrogen-bond acceptors (Lipinski definition) is 4. The molecular formula is C16H33N5O2. The van der Waals surface area contributed by atoms with E-state index in [0.717, 1.165) is 26.1 Å². The van der Waals surface area contributed by atoms with E-state index in [4.69, 9.17) is 10.5 Å². The highest BCUT2D eigenvalue weighted by Crippen LogP contribution is 2.11. The maximum atomic E-state index is 12.0. The molecule has 7 nitrogen and oxygen atoms in total. The molecule has 0 aromatic carbocycles. The van der Waals surface area contributed by atoms with Gasteiger partial charge in [0.2, 0.25) is 0 Å². The number of carbonyl (C=O) groups excluding carboxylic acids is 1. The summed E-state index contributed by atoms with van der Waals surface area (Å²) < 4.78 is 5.39. The molecule has 3 N–H and O–H groups in total. The van der Waals surface area contributed by atoms with Crippen LogP contribution in [0.15, 0.2) is 4.99 Å². The van der Waals surface area contributed by atoms with E-state index in [1.54, 1.807) is 4.90 Å². The predicted octanol–water partition coefficient (Wildman–Crippen LogP) is 1.24. The molecule has 0 saturated carbocycles. The second-order valence-electron chi connectivity index (χ2n) is 7.03. The number of carbonyl (C=O) groups is 1. The summed E-state index contributed by atoms with van der Waals surface area (Å²) in [7, 11) is 0. The van der Waals surface area contributed by atoms with Crippen molar-refractivity contribution >= 4 is 12.1 Å². The molecule has 23 heavy (non-hydrogen) atoms. The molecule has 0 bridgehead atoms. The Balaban J connectivity index is 2.26. The minimum atomic E-state index is -0.441. The van der Waals surface area contributed by atoms with E-state index in [1.165, 1.54) is 0 Å². The Morgan fingerprint density at radius 2 is 1.91 bits per heavy atom. The van der Waals surface area contributed by atoms with Gasteiger partial charge in [0.25, 0.3) is 0 Å². The first-order chi connectivity index (χ1) is 10.7. The molecule has 1 atom stereocenters. The van der Waals surface area contributed by atoms with Crippen LogP contribution in [0.1, 0.15) is 41.0 Å². The van der Waals surface area contributed by atoms with Crippen molar-refractivity contribution in [1.82, 2.24) is 15.1 Å². The summed E-state index contributed by atoms with van der Waals surface area (Å²) in [6.07, 6.45) is 0.792. The van der Waals surface area contributed by atoms with E-state index in [0.29, 0.717) is 31.6 Å². The van der Waals surface area contributed by atoms with Crippen LogP contribution in [0.4, 0.5) is 4.79 Å². The average Bonchev–Trinajstić information content (AvgIpc) is 2.46. The first-order valence-electron chi connectivity index (χ1n) is 8.48. The van der Waals surface area contributed by atoms with Crippen LogP contribution >= 0.6 is 0 Å².